The van der Waals surface area contributed by atoms with Crippen molar-refractivity contribution in [3.63, 3.8) is 0 Å². The molecule has 4 heterocycles. The fourth-order valence-electron chi connectivity index (χ4n) is 3.62. The summed E-state index contributed by atoms with van der Waals surface area (Å²) in [5.74, 6) is 1.89. The highest BCUT2D eigenvalue weighted by Crippen LogP contribution is 2.41. The molecule has 0 saturated heterocycles. The van der Waals surface area contributed by atoms with E-state index >= 15 is 0 Å². The first kappa shape index (κ1) is 21.4. The van der Waals surface area contributed by atoms with Crippen molar-refractivity contribution in [2.24, 2.45) is 0 Å². The second-order valence-corrected chi connectivity index (χ2v) is 9.88. The van der Waals surface area contributed by atoms with Gasteiger partial charge in [-0.2, -0.15) is 0 Å². The number of imidazole rings is 1. The molecule has 0 radical (unpaired) electrons. The first-order valence-electron chi connectivity index (χ1n) is 10.9. The van der Waals surface area contributed by atoms with Crippen LogP contribution in [0, 0.1) is 0 Å². The molecule has 0 unspecified atom stereocenters. The van der Waals surface area contributed by atoms with E-state index in [1.807, 2.05) is 0 Å². The number of hydrogen-bond acceptors (Lipinski definition) is 10. The van der Waals surface area contributed by atoms with Crippen molar-refractivity contribution in [3.8, 4) is 34.4 Å². The fraction of sp³-hybridized carbons (Fsp3) is 0.273. The van der Waals surface area contributed by atoms with E-state index in [1.54, 1.807) is 47.2 Å². The third-order valence-corrected chi connectivity index (χ3v) is 7.31. The van der Waals surface area contributed by atoms with Gasteiger partial charge in [-0.15, -0.1) is 5.10 Å². The normalized spacial score (nSPS) is 14.7. The molecule has 0 spiro atoms. The Morgan fingerprint density at radius 1 is 1.03 bits per heavy atom. The van der Waals surface area contributed by atoms with Gasteiger partial charge in [-0.05, 0) is 36.6 Å². The fourth-order valence-corrected chi connectivity index (χ4v) is 4.97. The molecule has 6 rings (SSSR count). The highest BCUT2D eigenvalue weighted by atomic mass is 32.2. The van der Waals surface area contributed by atoms with E-state index in [0.29, 0.717) is 47.0 Å². The van der Waals surface area contributed by atoms with Gasteiger partial charge in [-0.3, -0.25) is 4.72 Å². The summed E-state index contributed by atoms with van der Waals surface area (Å²) in [5.41, 5.74) is 1.73. The van der Waals surface area contributed by atoms with Crippen molar-refractivity contribution in [1.82, 2.24) is 24.6 Å². The molecule has 0 atom stereocenters. The monoisotopic (exact) mass is 496 g/mol. The standard InChI is InChI=1S/C22H20N6O6S/c29-35(30,15-2-3-15)27-21-20(14-1-4-16-17(11-14)34-13-33-16)22(25-12-24-21)32-10-9-31-19-6-5-18-23-7-8-28(18)26-19/h1,4-8,11-12,15H,2-3,9-10,13H2,(H,24,25,27). The highest BCUT2D eigenvalue weighted by molar-refractivity contribution is 7.93. The lowest BCUT2D eigenvalue weighted by molar-refractivity contribution is 0.174. The van der Waals surface area contributed by atoms with Crippen LogP contribution in [0.3, 0.4) is 0 Å². The molecule has 1 saturated carbocycles. The Hall–Kier alpha value is -4.13. The predicted molar refractivity (Wildman–Crippen MR) is 123 cm³/mol. The molecule has 1 N–H and O–H groups in total. The Bertz CT molecular complexity index is 1500. The molecule has 4 aromatic rings. The van der Waals surface area contributed by atoms with E-state index in [4.69, 9.17) is 18.9 Å². The summed E-state index contributed by atoms with van der Waals surface area (Å²) in [6.07, 6.45) is 5.88. The van der Waals surface area contributed by atoms with Crippen LogP contribution in [0.1, 0.15) is 12.8 Å². The number of aromatic nitrogens is 5. The van der Waals surface area contributed by atoms with E-state index in [-0.39, 0.29) is 31.7 Å². The van der Waals surface area contributed by atoms with Gasteiger partial charge in [0.2, 0.25) is 28.6 Å². The van der Waals surface area contributed by atoms with Crippen LogP contribution in [-0.4, -0.2) is 58.2 Å². The van der Waals surface area contributed by atoms with Crippen molar-refractivity contribution < 1.29 is 27.4 Å². The summed E-state index contributed by atoms with van der Waals surface area (Å²) in [6, 6.07) is 8.77. The van der Waals surface area contributed by atoms with Gasteiger partial charge in [0.15, 0.2) is 23.0 Å². The number of rotatable bonds is 9. The SMILES string of the molecule is O=S(=O)(Nc1ncnc(OCCOc2ccc3nccn3n2)c1-c1ccc2c(c1)OCO2)C1CC1. The number of nitrogens with one attached hydrogen (secondary N) is 1. The molecule has 180 valence electrons. The van der Waals surface area contributed by atoms with Crippen LogP contribution in [0.25, 0.3) is 16.8 Å². The largest absolute Gasteiger partial charge is 0.473 e. The lowest BCUT2D eigenvalue weighted by Crippen LogP contribution is -2.19. The zero-order valence-electron chi connectivity index (χ0n) is 18.3. The first-order chi connectivity index (χ1) is 17.1. The maximum atomic E-state index is 12.6. The summed E-state index contributed by atoms with van der Waals surface area (Å²) in [5, 5.41) is 3.89. The van der Waals surface area contributed by atoms with Crippen LogP contribution in [0.4, 0.5) is 5.82 Å². The van der Waals surface area contributed by atoms with Crippen LogP contribution in [0.2, 0.25) is 0 Å². The third-order valence-electron chi connectivity index (χ3n) is 5.48. The van der Waals surface area contributed by atoms with E-state index in [9.17, 15) is 8.42 Å². The van der Waals surface area contributed by atoms with E-state index in [0.717, 1.165) is 0 Å². The van der Waals surface area contributed by atoms with Crippen LogP contribution >= 0.6 is 0 Å². The van der Waals surface area contributed by atoms with Crippen LogP contribution in [0.15, 0.2) is 49.1 Å². The minimum atomic E-state index is -3.57. The maximum absolute atomic E-state index is 12.6. The highest BCUT2D eigenvalue weighted by Gasteiger charge is 2.37. The Kier molecular flexibility index (Phi) is 5.25. The molecular formula is C22H20N6O6S. The van der Waals surface area contributed by atoms with Gasteiger partial charge in [0, 0.05) is 18.5 Å². The Balaban J connectivity index is 1.24. The molecule has 13 heteroatoms. The van der Waals surface area contributed by atoms with Crippen molar-refractivity contribution >= 4 is 21.5 Å². The molecule has 1 aliphatic heterocycles. The minimum absolute atomic E-state index is 0.116. The lowest BCUT2D eigenvalue weighted by atomic mass is 10.1. The van der Waals surface area contributed by atoms with Gasteiger partial charge in [0.05, 0.1) is 10.8 Å². The summed E-state index contributed by atoms with van der Waals surface area (Å²) in [4.78, 5) is 12.6. The minimum Gasteiger partial charge on any atom is -0.473 e. The molecule has 1 aromatic carbocycles. The van der Waals surface area contributed by atoms with Gasteiger partial charge < -0.3 is 18.9 Å². The molecule has 0 bridgehead atoms. The topological polar surface area (TPSA) is 139 Å². The molecule has 12 nitrogen and oxygen atoms in total. The van der Waals surface area contributed by atoms with Gasteiger partial charge in [0.1, 0.15) is 19.5 Å². The Labute approximate surface area is 199 Å². The zero-order chi connectivity index (χ0) is 23.8. The van der Waals surface area contributed by atoms with Crippen LogP contribution in [-0.2, 0) is 10.0 Å². The number of benzene rings is 1. The van der Waals surface area contributed by atoms with E-state index in [1.165, 1.54) is 6.33 Å². The number of sulfonamides is 1. The predicted octanol–water partition coefficient (Wildman–Crippen LogP) is 2.28. The first-order valence-corrected chi connectivity index (χ1v) is 12.4. The summed E-state index contributed by atoms with van der Waals surface area (Å²) in [6.45, 7) is 0.429. The number of anilines is 1. The van der Waals surface area contributed by atoms with Crippen molar-refractivity contribution in [2.45, 2.75) is 18.1 Å². The molecule has 3 aromatic heterocycles. The second-order valence-electron chi connectivity index (χ2n) is 7.92. The van der Waals surface area contributed by atoms with E-state index < -0.39 is 15.3 Å². The van der Waals surface area contributed by atoms with Crippen LogP contribution in [0.5, 0.6) is 23.3 Å². The molecular weight excluding hydrogens is 476 g/mol. The number of fused-ring (bicyclic) bond motifs is 2. The number of nitrogens with zero attached hydrogens (tertiary/aromatic N) is 5. The Morgan fingerprint density at radius 2 is 1.89 bits per heavy atom. The van der Waals surface area contributed by atoms with Crippen molar-refractivity contribution in [2.75, 3.05) is 24.7 Å². The summed E-state index contributed by atoms with van der Waals surface area (Å²) >= 11 is 0. The Morgan fingerprint density at radius 3 is 2.77 bits per heavy atom. The van der Waals surface area contributed by atoms with Crippen LogP contribution < -0.4 is 23.7 Å². The molecule has 35 heavy (non-hydrogen) atoms. The second kappa shape index (κ2) is 8.58. The molecule has 0 amide bonds. The lowest BCUT2D eigenvalue weighted by Gasteiger charge is -2.15. The van der Waals surface area contributed by atoms with Crippen molar-refractivity contribution in [3.05, 3.63) is 49.1 Å². The quantitative estimate of drug-likeness (QED) is 0.343. The maximum Gasteiger partial charge on any atom is 0.236 e. The summed E-state index contributed by atoms with van der Waals surface area (Å²) in [7, 11) is -3.57. The van der Waals surface area contributed by atoms with Gasteiger partial charge >= 0.3 is 0 Å². The average molecular weight is 497 g/mol. The number of ether oxygens (including phenoxy) is 4. The molecule has 1 aliphatic carbocycles. The smallest absolute Gasteiger partial charge is 0.236 e. The van der Waals surface area contributed by atoms with Gasteiger partial charge in [-0.25, -0.2) is 27.9 Å². The summed E-state index contributed by atoms with van der Waals surface area (Å²) < 4.78 is 52.0. The third kappa shape index (κ3) is 4.37. The number of hydrogen-bond donors (Lipinski definition) is 1. The van der Waals surface area contributed by atoms with Gasteiger partial charge in [-0.1, -0.05) is 6.07 Å². The zero-order valence-corrected chi connectivity index (χ0v) is 19.1. The molecule has 1 fully saturated rings. The molecule has 2 aliphatic rings. The van der Waals surface area contributed by atoms with E-state index in [2.05, 4.69) is 24.8 Å². The van der Waals surface area contributed by atoms with Gasteiger partial charge in [0.25, 0.3) is 0 Å². The average Bonchev–Trinajstić information content (AvgIpc) is 3.45. The van der Waals surface area contributed by atoms with Crippen molar-refractivity contribution in [1.29, 1.82) is 0 Å².